The minimum atomic E-state index is 0.476. The number of carbonyl (C=O) groups excluding carboxylic acids is 1. The molecule has 0 N–H and O–H groups in total. The lowest BCUT2D eigenvalue weighted by Crippen LogP contribution is -1.99. The topological polar surface area (TPSA) is 34.9 Å². The van der Waals surface area contributed by atoms with Crippen LogP contribution < -0.4 is 0 Å². The third-order valence-corrected chi connectivity index (χ3v) is 3.36. The maximum absolute atomic E-state index is 10.9. The van der Waals surface area contributed by atoms with Crippen molar-refractivity contribution in [3.8, 4) is 0 Å². The van der Waals surface area contributed by atoms with Gasteiger partial charge in [0, 0.05) is 10.5 Å². The van der Waals surface area contributed by atoms with E-state index in [1.807, 2.05) is 22.8 Å². The summed E-state index contributed by atoms with van der Waals surface area (Å²) < 4.78 is 3.00. The number of aldehydes is 1. The van der Waals surface area contributed by atoms with E-state index in [9.17, 15) is 4.79 Å². The molecule has 3 rings (SSSR count). The summed E-state index contributed by atoms with van der Waals surface area (Å²) in [5.41, 5.74) is 1.93. The van der Waals surface area contributed by atoms with Crippen LogP contribution in [-0.2, 0) is 0 Å². The molecule has 0 saturated heterocycles. The summed E-state index contributed by atoms with van der Waals surface area (Å²) >= 11 is 3.45. The third kappa shape index (κ3) is 1.32. The smallest absolute Gasteiger partial charge is 0.185 e. The van der Waals surface area contributed by atoms with Gasteiger partial charge < -0.3 is 4.57 Å². The van der Waals surface area contributed by atoms with E-state index in [1.165, 1.54) is 0 Å². The van der Waals surface area contributed by atoms with Crippen molar-refractivity contribution in [1.29, 1.82) is 0 Å². The zero-order valence-electron chi connectivity index (χ0n) is 7.98. The van der Waals surface area contributed by atoms with Gasteiger partial charge in [0.1, 0.15) is 5.52 Å². The number of hydrogen-bond acceptors (Lipinski definition) is 2. The Morgan fingerprint density at radius 2 is 2.27 bits per heavy atom. The average molecular weight is 265 g/mol. The molecular formula is C11H9BrN2O. The summed E-state index contributed by atoms with van der Waals surface area (Å²) in [5.74, 6) is 0.541. The first kappa shape index (κ1) is 9.09. The fraction of sp³-hybridized carbons (Fsp3) is 0.273. The Labute approximate surface area is 95.2 Å². The predicted molar refractivity (Wildman–Crippen MR) is 61.1 cm³/mol. The molecule has 0 unspecified atom stereocenters. The Balaban J connectivity index is 2.38. The highest BCUT2D eigenvalue weighted by atomic mass is 79.9. The third-order valence-electron chi connectivity index (χ3n) is 2.72. The molecule has 1 aliphatic carbocycles. The molecule has 0 atom stereocenters. The number of hydrogen-bond donors (Lipinski definition) is 0. The van der Waals surface area contributed by atoms with Crippen LogP contribution in [0.5, 0.6) is 0 Å². The molecule has 1 saturated carbocycles. The van der Waals surface area contributed by atoms with Gasteiger partial charge in [-0.2, -0.15) is 0 Å². The van der Waals surface area contributed by atoms with E-state index in [-0.39, 0.29) is 0 Å². The molecular weight excluding hydrogens is 256 g/mol. The van der Waals surface area contributed by atoms with Crippen LogP contribution in [0, 0.1) is 0 Å². The zero-order valence-corrected chi connectivity index (χ0v) is 9.57. The van der Waals surface area contributed by atoms with E-state index in [4.69, 9.17) is 0 Å². The van der Waals surface area contributed by atoms with Crippen LogP contribution in [0.15, 0.2) is 22.7 Å². The second kappa shape index (κ2) is 3.17. The number of fused-ring (bicyclic) bond motifs is 1. The predicted octanol–water partition coefficient (Wildman–Crippen LogP) is 2.95. The van der Waals surface area contributed by atoms with Gasteiger partial charge in [0.05, 0.1) is 5.52 Å². The highest BCUT2D eigenvalue weighted by Gasteiger charge is 2.28. The fourth-order valence-electron chi connectivity index (χ4n) is 1.90. The van der Waals surface area contributed by atoms with Crippen molar-refractivity contribution in [2.75, 3.05) is 0 Å². The molecule has 0 bridgehead atoms. The summed E-state index contributed by atoms with van der Waals surface area (Å²) in [5, 5.41) is 0. The number of imidazole rings is 1. The van der Waals surface area contributed by atoms with Crippen molar-refractivity contribution in [3.63, 3.8) is 0 Å². The van der Waals surface area contributed by atoms with Gasteiger partial charge in [0.2, 0.25) is 0 Å². The minimum Gasteiger partial charge on any atom is -0.319 e. The normalized spacial score (nSPS) is 15.8. The lowest BCUT2D eigenvalue weighted by atomic mass is 10.3. The molecule has 1 fully saturated rings. The number of carbonyl (C=O) groups is 1. The number of aromatic nitrogens is 2. The van der Waals surface area contributed by atoms with Crippen LogP contribution in [0.3, 0.4) is 0 Å². The van der Waals surface area contributed by atoms with Crippen molar-refractivity contribution in [2.24, 2.45) is 0 Å². The standard InChI is InChI=1S/C11H9BrN2O/c12-8-2-1-3-9-11(8)13-10(6-15)14(9)7-4-5-7/h1-3,6-7H,4-5H2. The van der Waals surface area contributed by atoms with Crippen LogP contribution in [0.4, 0.5) is 0 Å². The van der Waals surface area contributed by atoms with Crippen LogP contribution >= 0.6 is 15.9 Å². The van der Waals surface area contributed by atoms with Gasteiger partial charge in [-0.25, -0.2) is 4.98 Å². The summed E-state index contributed by atoms with van der Waals surface area (Å²) in [4.78, 5) is 15.3. The first-order valence-electron chi connectivity index (χ1n) is 4.93. The summed E-state index contributed by atoms with van der Waals surface area (Å²) in [6.07, 6.45) is 3.14. The van der Waals surface area contributed by atoms with E-state index in [0.29, 0.717) is 11.9 Å². The van der Waals surface area contributed by atoms with Crippen molar-refractivity contribution in [2.45, 2.75) is 18.9 Å². The van der Waals surface area contributed by atoms with E-state index >= 15 is 0 Å². The van der Waals surface area contributed by atoms with Crippen molar-refractivity contribution >= 4 is 33.2 Å². The van der Waals surface area contributed by atoms with Crippen LogP contribution in [0.1, 0.15) is 29.5 Å². The molecule has 76 valence electrons. The maximum atomic E-state index is 10.9. The number of benzene rings is 1. The highest BCUT2D eigenvalue weighted by Crippen LogP contribution is 2.39. The number of para-hydroxylation sites is 1. The van der Waals surface area contributed by atoms with Crippen LogP contribution in [-0.4, -0.2) is 15.8 Å². The first-order chi connectivity index (χ1) is 7.31. The summed E-state index contributed by atoms with van der Waals surface area (Å²) in [6, 6.07) is 6.41. The van der Waals surface area contributed by atoms with Crippen LogP contribution in [0.2, 0.25) is 0 Å². The van der Waals surface area contributed by atoms with Crippen LogP contribution in [0.25, 0.3) is 11.0 Å². The Morgan fingerprint density at radius 1 is 1.47 bits per heavy atom. The SMILES string of the molecule is O=Cc1nc2c(Br)cccc2n1C1CC1. The van der Waals surface area contributed by atoms with Gasteiger partial charge in [0.25, 0.3) is 0 Å². The van der Waals surface area contributed by atoms with E-state index in [0.717, 1.165) is 34.6 Å². The average Bonchev–Trinajstić information content (AvgIpc) is 3.00. The van der Waals surface area contributed by atoms with Crippen molar-refractivity contribution in [3.05, 3.63) is 28.5 Å². The molecule has 1 heterocycles. The van der Waals surface area contributed by atoms with Crippen molar-refractivity contribution < 1.29 is 4.79 Å². The van der Waals surface area contributed by atoms with Gasteiger partial charge in [-0.1, -0.05) is 6.07 Å². The highest BCUT2D eigenvalue weighted by molar-refractivity contribution is 9.10. The maximum Gasteiger partial charge on any atom is 0.185 e. The molecule has 1 aliphatic rings. The Bertz CT molecular complexity index is 543. The van der Waals surface area contributed by atoms with E-state index in [2.05, 4.69) is 20.9 Å². The van der Waals surface area contributed by atoms with Crippen molar-refractivity contribution in [1.82, 2.24) is 9.55 Å². The largest absolute Gasteiger partial charge is 0.319 e. The molecule has 1 aromatic heterocycles. The minimum absolute atomic E-state index is 0.476. The number of halogens is 1. The molecule has 0 amide bonds. The summed E-state index contributed by atoms with van der Waals surface area (Å²) in [6.45, 7) is 0. The molecule has 4 heteroatoms. The molecule has 0 radical (unpaired) electrons. The molecule has 3 nitrogen and oxygen atoms in total. The van der Waals surface area contributed by atoms with Gasteiger partial charge in [-0.05, 0) is 40.9 Å². The molecule has 0 spiro atoms. The Kier molecular flexibility index (Phi) is 1.92. The van der Waals surface area contributed by atoms with Gasteiger partial charge in [-0.3, -0.25) is 4.79 Å². The second-order valence-electron chi connectivity index (χ2n) is 3.80. The molecule has 2 aromatic rings. The lowest BCUT2D eigenvalue weighted by Gasteiger charge is -2.02. The van der Waals surface area contributed by atoms with E-state index in [1.54, 1.807) is 0 Å². The fourth-order valence-corrected chi connectivity index (χ4v) is 2.34. The monoisotopic (exact) mass is 264 g/mol. The van der Waals surface area contributed by atoms with Gasteiger partial charge in [0.15, 0.2) is 12.1 Å². The molecule has 1 aromatic carbocycles. The van der Waals surface area contributed by atoms with E-state index < -0.39 is 0 Å². The Hall–Kier alpha value is -1.16. The van der Waals surface area contributed by atoms with Gasteiger partial charge >= 0.3 is 0 Å². The number of nitrogens with zero attached hydrogens (tertiary/aromatic N) is 2. The lowest BCUT2D eigenvalue weighted by molar-refractivity contribution is 0.111. The quantitative estimate of drug-likeness (QED) is 0.782. The number of rotatable bonds is 2. The van der Waals surface area contributed by atoms with Gasteiger partial charge in [-0.15, -0.1) is 0 Å². The molecule has 15 heavy (non-hydrogen) atoms. The zero-order chi connectivity index (χ0) is 10.4. The first-order valence-corrected chi connectivity index (χ1v) is 5.72. The molecule has 0 aliphatic heterocycles. The second-order valence-corrected chi connectivity index (χ2v) is 4.65. The Morgan fingerprint density at radius 3 is 2.93 bits per heavy atom. The summed E-state index contributed by atoms with van der Waals surface area (Å²) in [7, 11) is 0.